The van der Waals surface area contributed by atoms with E-state index in [9.17, 15) is 4.79 Å². The Morgan fingerprint density at radius 1 is 1.35 bits per heavy atom. The van der Waals surface area contributed by atoms with Gasteiger partial charge in [-0.25, -0.2) is 9.89 Å². The Kier molecular flexibility index (Phi) is 2.14. The normalized spacial score (nSPS) is 10.8. The summed E-state index contributed by atoms with van der Waals surface area (Å²) in [5.74, 6) is 0.497. The molecule has 0 unspecified atom stereocenters. The van der Waals surface area contributed by atoms with Crippen LogP contribution in [0.3, 0.4) is 0 Å². The minimum Gasteiger partial charge on any atom is -0.424 e. The molecule has 0 amide bonds. The quantitative estimate of drug-likeness (QED) is 0.620. The summed E-state index contributed by atoms with van der Waals surface area (Å²) < 4.78 is 5.44. The summed E-state index contributed by atoms with van der Waals surface area (Å²) in [7, 11) is 0. The van der Waals surface area contributed by atoms with Gasteiger partial charge in [0.25, 0.3) is 6.01 Å². The zero-order valence-corrected chi connectivity index (χ0v) is 8.73. The van der Waals surface area contributed by atoms with Gasteiger partial charge in [0.1, 0.15) is 11.3 Å². The average Bonchev–Trinajstić information content (AvgIpc) is 2.91. The van der Waals surface area contributed by atoms with Gasteiger partial charge in [-0.05, 0) is 12.1 Å². The molecule has 0 fully saturated rings. The van der Waals surface area contributed by atoms with Crippen molar-refractivity contribution in [3.8, 4) is 0 Å². The lowest BCUT2D eigenvalue weighted by molar-refractivity contribution is 0.613. The van der Waals surface area contributed by atoms with Crippen LogP contribution in [0.2, 0.25) is 0 Å². The van der Waals surface area contributed by atoms with Crippen molar-refractivity contribution in [2.75, 3.05) is 5.32 Å². The van der Waals surface area contributed by atoms with Crippen molar-refractivity contribution in [2.45, 2.75) is 6.54 Å². The van der Waals surface area contributed by atoms with Crippen molar-refractivity contribution in [3.05, 3.63) is 40.6 Å². The highest BCUT2D eigenvalue weighted by Crippen LogP contribution is 2.17. The molecule has 3 aromatic rings. The number of fused-ring (bicyclic) bond motifs is 1. The van der Waals surface area contributed by atoms with Crippen LogP contribution < -0.4 is 11.0 Å². The maximum atomic E-state index is 10.8. The summed E-state index contributed by atoms with van der Waals surface area (Å²) in [5, 5.41) is 8.97. The highest BCUT2D eigenvalue weighted by atomic mass is 16.4. The number of oxazole rings is 1. The minimum absolute atomic E-state index is 0.334. The van der Waals surface area contributed by atoms with Crippen LogP contribution in [0.25, 0.3) is 11.1 Å². The highest BCUT2D eigenvalue weighted by molar-refractivity contribution is 5.74. The number of aromatic nitrogens is 4. The van der Waals surface area contributed by atoms with Gasteiger partial charge in [0.2, 0.25) is 0 Å². The standard InChI is InChI=1S/C10H9N5O2/c16-9-13-8(14-15-9)5-11-10-12-6-3-1-2-4-7(6)17-10/h1-4H,5H2,(H,11,12)(H2,13,14,15,16). The number of hydrogen-bond donors (Lipinski definition) is 3. The summed E-state index contributed by atoms with van der Waals surface area (Å²) in [5.41, 5.74) is 1.16. The van der Waals surface area contributed by atoms with Gasteiger partial charge in [0.05, 0.1) is 6.54 Å². The molecule has 0 saturated heterocycles. The fraction of sp³-hybridized carbons (Fsp3) is 0.100. The predicted octanol–water partition coefficient (Wildman–Crippen LogP) is 0.851. The Balaban J connectivity index is 1.78. The first kappa shape index (κ1) is 9.64. The fourth-order valence-corrected chi connectivity index (χ4v) is 1.50. The second kappa shape index (κ2) is 3.78. The molecule has 2 aromatic heterocycles. The van der Waals surface area contributed by atoms with E-state index in [4.69, 9.17) is 4.42 Å². The maximum Gasteiger partial charge on any atom is 0.340 e. The van der Waals surface area contributed by atoms with E-state index in [2.05, 4.69) is 25.5 Å². The van der Waals surface area contributed by atoms with E-state index in [1.165, 1.54) is 0 Å². The molecule has 0 radical (unpaired) electrons. The summed E-state index contributed by atoms with van der Waals surface area (Å²) in [6.07, 6.45) is 0. The van der Waals surface area contributed by atoms with Gasteiger partial charge in [-0.2, -0.15) is 10.1 Å². The van der Waals surface area contributed by atoms with E-state index in [0.29, 0.717) is 24.0 Å². The van der Waals surface area contributed by atoms with Gasteiger partial charge in [0.15, 0.2) is 5.58 Å². The Morgan fingerprint density at radius 3 is 3.00 bits per heavy atom. The smallest absolute Gasteiger partial charge is 0.340 e. The second-order valence-corrected chi connectivity index (χ2v) is 3.46. The van der Waals surface area contributed by atoms with E-state index in [1.54, 1.807) is 0 Å². The molecule has 17 heavy (non-hydrogen) atoms. The van der Waals surface area contributed by atoms with Gasteiger partial charge in [0, 0.05) is 0 Å². The molecule has 0 bridgehead atoms. The minimum atomic E-state index is -0.334. The summed E-state index contributed by atoms with van der Waals surface area (Å²) in [6, 6.07) is 7.86. The number of hydrogen-bond acceptors (Lipinski definition) is 5. The van der Waals surface area contributed by atoms with Crippen LogP contribution in [0.15, 0.2) is 33.5 Å². The topological polar surface area (TPSA) is 99.6 Å². The molecule has 1 aromatic carbocycles. The molecular formula is C10H9N5O2. The molecule has 0 atom stereocenters. The Bertz CT molecular complexity index is 663. The number of aromatic amines is 2. The van der Waals surface area contributed by atoms with Crippen molar-refractivity contribution >= 4 is 17.1 Å². The fourth-order valence-electron chi connectivity index (χ4n) is 1.50. The number of benzene rings is 1. The van der Waals surface area contributed by atoms with Crippen LogP contribution in [-0.4, -0.2) is 20.2 Å². The summed E-state index contributed by atoms with van der Waals surface area (Å²) in [6.45, 7) is 0.339. The van der Waals surface area contributed by atoms with E-state index >= 15 is 0 Å². The zero-order chi connectivity index (χ0) is 11.7. The number of nitrogens with zero attached hydrogens (tertiary/aromatic N) is 2. The van der Waals surface area contributed by atoms with Crippen LogP contribution >= 0.6 is 0 Å². The lowest BCUT2D eigenvalue weighted by Crippen LogP contribution is -2.04. The SMILES string of the molecule is O=c1[nH]nc(CNc2nc3ccccc3o2)[nH]1. The molecule has 0 aliphatic rings. The molecule has 0 spiro atoms. The van der Waals surface area contributed by atoms with Crippen molar-refractivity contribution in [2.24, 2.45) is 0 Å². The van der Waals surface area contributed by atoms with Crippen LogP contribution in [0.5, 0.6) is 0 Å². The molecule has 0 aliphatic heterocycles. The zero-order valence-electron chi connectivity index (χ0n) is 8.73. The first-order valence-corrected chi connectivity index (χ1v) is 5.04. The van der Waals surface area contributed by atoms with Crippen LogP contribution in [0.1, 0.15) is 5.82 Å². The predicted molar refractivity (Wildman–Crippen MR) is 60.5 cm³/mol. The molecular weight excluding hydrogens is 222 g/mol. The van der Waals surface area contributed by atoms with Crippen molar-refractivity contribution in [3.63, 3.8) is 0 Å². The summed E-state index contributed by atoms with van der Waals surface area (Å²) in [4.78, 5) is 17.6. The van der Waals surface area contributed by atoms with Gasteiger partial charge >= 0.3 is 5.69 Å². The van der Waals surface area contributed by atoms with Crippen molar-refractivity contribution in [1.82, 2.24) is 20.2 Å². The molecule has 3 N–H and O–H groups in total. The molecule has 3 rings (SSSR count). The Labute approximate surface area is 94.9 Å². The van der Waals surface area contributed by atoms with Crippen molar-refractivity contribution < 1.29 is 4.42 Å². The molecule has 7 nitrogen and oxygen atoms in total. The third-order valence-corrected chi connectivity index (χ3v) is 2.25. The number of para-hydroxylation sites is 2. The number of nitrogens with one attached hydrogen (secondary N) is 3. The number of anilines is 1. The van der Waals surface area contributed by atoms with Crippen LogP contribution in [0.4, 0.5) is 6.01 Å². The van der Waals surface area contributed by atoms with Crippen LogP contribution in [0, 0.1) is 0 Å². The van der Waals surface area contributed by atoms with E-state index in [-0.39, 0.29) is 5.69 Å². The van der Waals surface area contributed by atoms with Gasteiger partial charge in [-0.1, -0.05) is 12.1 Å². The third kappa shape index (κ3) is 1.89. The van der Waals surface area contributed by atoms with Gasteiger partial charge in [-0.3, -0.25) is 4.98 Å². The van der Waals surface area contributed by atoms with E-state index in [1.807, 2.05) is 24.3 Å². The monoisotopic (exact) mass is 231 g/mol. The number of rotatable bonds is 3. The largest absolute Gasteiger partial charge is 0.424 e. The first-order valence-electron chi connectivity index (χ1n) is 5.04. The second-order valence-electron chi connectivity index (χ2n) is 3.46. The summed E-state index contributed by atoms with van der Waals surface area (Å²) >= 11 is 0. The van der Waals surface area contributed by atoms with Crippen molar-refractivity contribution in [1.29, 1.82) is 0 Å². The molecule has 0 aliphatic carbocycles. The lowest BCUT2D eigenvalue weighted by atomic mass is 10.3. The third-order valence-electron chi connectivity index (χ3n) is 2.25. The maximum absolute atomic E-state index is 10.8. The Morgan fingerprint density at radius 2 is 2.24 bits per heavy atom. The molecule has 0 saturated carbocycles. The lowest BCUT2D eigenvalue weighted by Gasteiger charge is -1.95. The van der Waals surface area contributed by atoms with E-state index < -0.39 is 0 Å². The Hall–Kier alpha value is -2.57. The van der Waals surface area contributed by atoms with Gasteiger partial charge in [-0.15, -0.1) is 0 Å². The van der Waals surface area contributed by atoms with Crippen LogP contribution in [-0.2, 0) is 6.54 Å². The molecule has 2 heterocycles. The molecule has 86 valence electrons. The van der Waals surface area contributed by atoms with E-state index in [0.717, 1.165) is 5.52 Å². The molecule has 7 heteroatoms. The van der Waals surface area contributed by atoms with Gasteiger partial charge < -0.3 is 9.73 Å². The average molecular weight is 231 g/mol. The number of H-pyrrole nitrogens is 2. The highest BCUT2D eigenvalue weighted by Gasteiger charge is 2.05. The first-order chi connectivity index (χ1) is 8.31.